The summed E-state index contributed by atoms with van der Waals surface area (Å²) in [4.78, 5) is 8.33. The molecular weight excluding hydrogens is 222 g/mol. The van der Waals surface area contributed by atoms with Gasteiger partial charge >= 0.3 is 0 Å². The van der Waals surface area contributed by atoms with Crippen LogP contribution in [0.3, 0.4) is 0 Å². The minimum Gasteiger partial charge on any atom is -0.382 e. The van der Waals surface area contributed by atoms with E-state index in [9.17, 15) is 0 Å². The molecule has 0 spiro atoms. The van der Waals surface area contributed by atoms with Crippen molar-refractivity contribution in [1.29, 1.82) is 0 Å². The number of benzene rings is 1. The van der Waals surface area contributed by atoms with Crippen molar-refractivity contribution in [3.63, 3.8) is 0 Å². The maximum atomic E-state index is 5.53. The molecule has 0 fully saturated rings. The van der Waals surface area contributed by atoms with Gasteiger partial charge in [0.2, 0.25) is 0 Å². The second-order valence-electron chi connectivity index (χ2n) is 5.14. The molecular formula is C15H19N3. The van der Waals surface area contributed by atoms with Gasteiger partial charge in [-0.05, 0) is 17.4 Å². The first-order chi connectivity index (χ1) is 8.53. The van der Waals surface area contributed by atoms with Gasteiger partial charge in [-0.25, -0.2) is 4.98 Å². The highest BCUT2D eigenvalue weighted by Gasteiger charge is 2.17. The predicted octanol–water partition coefficient (Wildman–Crippen LogP) is 3.41. The number of rotatable bonds is 3. The lowest BCUT2D eigenvalue weighted by atomic mass is 9.82. The minimum absolute atomic E-state index is 0.214. The number of hydrogen-bond acceptors (Lipinski definition) is 3. The number of nitrogen functional groups attached to an aromatic ring is 1. The molecule has 94 valence electrons. The summed E-state index contributed by atoms with van der Waals surface area (Å²) in [5.74, 6) is 0.447. The molecule has 0 radical (unpaired) electrons. The van der Waals surface area contributed by atoms with Gasteiger partial charge in [-0.3, -0.25) is 4.98 Å². The number of nitrogens with zero attached hydrogens (tertiary/aromatic N) is 2. The zero-order valence-corrected chi connectivity index (χ0v) is 11.1. The summed E-state index contributed by atoms with van der Waals surface area (Å²) >= 11 is 0. The van der Waals surface area contributed by atoms with Crippen LogP contribution in [0.25, 0.3) is 11.3 Å². The first-order valence-electron chi connectivity index (χ1n) is 6.21. The van der Waals surface area contributed by atoms with E-state index in [0.717, 1.165) is 17.7 Å². The van der Waals surface area contributed by atoms with Crippen LogP contribution < -0.4 is 5.73 Å². The zero-order chi connectivity index (χ0) is 13.2. The maximum absolute atomic E-state index is 5.53. The molecule has 0 aliphatic carbocycles. The van der Waals surface area contributed by atoms with Crippen molar-refractivity contribution < 1.29 is 0 Å². The van der Waals surface area contributed by atoms with Gasteiger partial charge in [0.25, 0.3) is 0 Å². The molecule has 1 aromatic heterocycles. The highest BCUT2D eigenvalue weighted by atomic mass is 14.9. The van der Waals surface area contributed by atoms with E-state index in [1.165, 1.54) is 5.56 Å². The van der Waals surface area contributed by atoms with Gasteiger partial charge in [0.1, 0.15) is 5.82 Å². The summed E-state index contributed by atoms with van der Waals surface area (Å²) in [5.41, 5.74) is 9.01. The van der Waals surface area contributed by atoms with Crippen LogP contribution in [0.1, 0.15) is 32.8 Å². The number of aromatic nitrogens is 2. The molecule has 3 heteroatoms. The molecule has 1 heterocycles. The quantitative estimate of drug-likeness (QED) is 0.895. The molecule has 0 aliphatic heterocycles. The molecule has 2 aromatic rings. The van der Waals surface area contributed by atoms with E-state index in [2.05, 4.69) is 55.0 Å². The summed E-state index contributed by atoms with van der Waals surface area (Å²) in [5, 5.41) is 0. The number of nitrogens with two attached hydrogens (primary N) is 1. The third-order valence-corrected chi connectivity index (χ3v) is 3.52. The minimum atomic E-state index is 0.214. The SMILES string of the molecule is CCC(C)(C)c1ccc(-c2cnc(N)cn2)cc1. The van der Waals surface area contributed by atoms with Gasteiger partial charge in [0.05, 0.1) is 18.1 Å². The van der Waals surface area contributed by atoms with Crippen molar-refractivity contribution in [2.24, 2.45) is 0 Å². The lowest BCUT2D eigenvalue weighted by molar-refractivity contribution is 0.506. The van der Waals surface area contributed by atoms with Gasteiger partial charge in [-0.15, -0.1) is 0 Å². The van der Waals surface area contributed by atoms with Crippen LogP contribution in [0.15, 0.2) is 36.7 Å². The molecule has 1 aromatic carbocycles. The summed E-state index contributed by atoms with van der Waals surface area (Å²) in [6.07, 6.45) is 4.41. The zero-order valence-electron chi connectivity index (χ0n) is 11.1. The predicted molar refractivity (Wildman–Crippen MR) is 75.2 cm³/mol. The summed E-state index contributed by atoms with van der Waals surface area (Å²) in [7, 11) is 0. The fraction of sp³-hybridized carbons (Fsp3) is 0.333. The smallest absolute Gasteiger partial charge is 0.141 e. The van der Waals surface area contributed by atoms with Gasteiger partial charge < -0.3 is 5.73 Å². The molecule has 0 saturated carbocycles. The van der Waals surface area contributed by atoms with E-state index < -0.39 is 0 Å². The van der Waals surface area contributed by atoms with Crippen molar-refractivity contribution in [2.45, 2.75) is 32.6 Å². The molecule has 0 unspecified atom stereocenters. The molecule has 0 bridgehead atoms. The summed E-state index contributed by atoms with van der Waals surface area (Å²) in [6.45, 7) is 6.72. The standard InChI is InChI=1S/C15H19N3/c1-4-15(2,3)12-7-5-11(6-8-12)13-9-18-14(16)10-17-13/h5-10H,4H2,1-3H3,(H2,16,18). The third-order valence-electron chi connectivity index (χ3n) is 3.52. The first-order valence-corrected chi connectivity index (χ1v) is 6.21. The molecule has 18 heavy (non-hydrogen) atoms. The van der Waals surface area contributed by atoms with Crippen molar-refractivity contribution in [3.05, 3.63) is 42.2 Å². The molecule has 0 atom stereocenters. The number of anilines is 1. The van der Waals surface area contributed by atoms with E-state index in [4.69, 9.17) is 5.73 Å². The Balaban J connectivity index is 2.30. The van der Waals surface area contributed by atoms with E-state index >= 15 is 0 Å². The number of hydrogen-bond donors (Lipinski definition) is 1. The lowest BCUT2D eigenvalue weighted by Crippen LogP contribution is -2.14. The van der Waals surface area contributed by atoms with Crippen molar-refractivity contribution in [1.82, 2.24) is 9.97 Å². The Morgan fingerprint density at radius 3 is 2.22 bits per heavy atom. The second kappa shape index (κ2) is 4.77. The van der Waals surface area contributed by atoms with E-state index in [0.29, 0.717) is 5.82 Å². The fourth-order valence-corrected chi connectivity index (χ4v) is 1.78. The van der Waals surface area contributed by atoms with Crippen LogP contribution in [-0.2, 0) is 5.41 Å². The lowest BCUT2D eigenvalue weighted by Gasteiger charge is -2.23. The Morgan fingerprint density at radius 1 is 1.06 bits per heavy atom. The van der Waals surface area contributed by atoms with E-state index in [1.54, 1.807) is 12.4 Å². The Hall–Kier alpha value is -1.90. The van der Waals surface area contributed by atoms with Crippen LogP contribution >= 0.6 is 0 Å². The normalized spacial score (nSPS) is 11.5. The molecule has 0 saturated heterocycles. The average Bonchev–Trinajstić information content (AvgIpc) is 2.40. The van der Waals surface area contributed by atoms with Crippen LogP contribution in [0.2, 0.25) is 0 Å². The van der Waals surface area contributed by atoms with Gasteiger partial charge in [0.15, 0.2) is 0 Å². The van der Waals surface area contributed by atoms with Gasteiger partial charge in [-0.2, -0.15) is 0 Å². The molecule has 3 nitrogen and oxygen atoms in total. The average molecular weight is 241 g/mol. The van der Waals surface area contributed by atoms with Crippen molar-refractivity contribution >= 4 is 5.82 Å². The Kier molecular flexibility index (Phi) is 3.32. The molecule has 0 aliphatic rings. The molecule has 2 rings (SSSR count). The Morgan fingerprint density at radius 2 is 1.72 bits per heavy atom. The van der Waals surface area contributed by atoms with E-state index in [1.807, 2.05) is 0 Å². The monoisotopic (exact) mass is 241 g/mol. The first kappa shape index (κ1) is 12.6. The van der Waals surface area contributed by atoms with Gasteiger partial charge in [-0.1, -0.05) is 45.0 Å². The highest BCUT2D eigenvalue weighted by Crippen LogP contribution is 2.28. The summed E-state index contributed by atoms with van der Waals surface area (Å²) < 4.78 is 0. The Labute approximate surface area is 108 Å². The van der Waals surface area contributed by atoms with Crippen molar-refractivity contribution in [3.8, 4) is 11.3 Å². The van der Waals surface area contributed by atoms with Crippen LogP contribution in [0.5, 0.6) is 0 Å². The topological polar surface area (TPSA) is 51.8 Å². The second-order valence-corrected chi connectivity index (χ2v) is 5.14. The summed E-state index contributed by atoms with van der Waals surface area (Å²) in [6, 6.07) is 8.51. The molecule has 2 N–H and O–H groups in total. The third kappa shape index (κ3) is 2.50. The maximum Gasteiger partial charge on any atom is 0.141 e. The molecule has 0 amide bonds. The van der Waals surface area contributed by atoms with Crippen LogP contribution in [-0.4, -0.2) is 9.97 Å². The highest BCUT2D eigenvalue weighted by molar-refractivity contribution is 5.59. The van der Waals surface area contributed by atoms with E-state index in [-0.39, 0.29) is 5.41 Å². The Bertz CT molecular complexity index is 512. The van der Waals surface area contributed by atoms with Gasteiger partial charge in [0, 0.05) is 5.56 Å². The largest absolute Gasteiger partial charge is 0.382 e. The van der Waals surface area contributed by atoms with Crippen molar-refractivity contribution in [2.75, 3.05) is 5.73 Å². The van der Waals surface area contributed by atoms with Crippen LogP contribution in [0, 0.1) is 0 Å². The van der Waals surface area contributed by atoms with Crippen LogP contribution in [0.4, 0.5) is 5.82 Å². The fourth-order valence-electron chi connectivity index (χ4n) is 1.78.